The first kappa shape index (κ1) is 22.8. The molecule has 0 spiro atoms. The van der Waals surface area contributed by atoms with Crippen LogP contribution in [0.1, 0.15) is 17.2 Å². The van der Waals surface area contributed by atoms with E-state index in [1.54, 1.807) is 68.0 Å². The monoisotopic (exact) mass is 459 g/mol. The van der Waals surface area contributed by atoms with Gasteiger partial charge < -0.3 is 19.5 Å². The summed E-state index contributed by atoms with van der Waals surface area (Å²) in [6.07, 6.45) is 1.73. The molecule has 2 heterocycles. The number of anilines is 1. The number of nitrogens with one attached hydrogen (secondary N) is 1. The Morgan fingerprint density at radius 2 is 1.74 bits per heavy atom. The highest BCUT2D eigenvalue weighted by Crippen LogP contribution is 2.24. The first-order valence-corrected chi connectivity index (χ1v) is 10.6. The van der Waals surface area contributed by atoms with E-state index in [4.69, 9.17) is 14.2 Å². The molecule has 0 bridgehead atoms. The van der Waals surface area contributed by atoms with Crippen LogP contribution in [-0.2, 0) is 4.79 Å². The number of carbonyl (C=O) groups is 1. The van der Waals surface area contributed by atoms with Gasteiger partial charge in [-0.15, -0.1) is 0 Å². The zero-order valence-electron chi connectivity index (χ0n) is 19.4. The second-order valence-corrected chi connectivity index (χ2v) is 7.54. The fourth-order valence-electron chi connectivity index (χ4n) is 3.19. The maximum Gasteiger partial charge on any atom is 0.262 e. The number of imidazole rings is 1. The van der Waals surface area contributed by atoms with Gasteiger partial charge in [0.05, 0.1) is 12.8 Å². The zero-order chi connectivity index (χ0) is 24.1. The molecule has 0 unspecified atom stereocenters. The molecule has 0 saturated heterocycles. The molecule has 4 rings (SSSR count). The van der Waals surface area contributed by atoms with Crippen molar-refractivity contribution in [2.24, 2.45) is 0 Å². The van der Waals surface area contributed by atoms with Crippen molar-refractivity contribution in [1.29, 1.82) is 0 Å². The first-order valence-electron chi connectivity index (χ1n) is 10.6. The van der Waals surface area contributed by atoms with Crippen molar-refractivity contribution in [3.8, 4) is 28.9 Å². The summed E-state index contributed by atoms with van der Waals surface area (Å²) in [5.41, 5.74) is 2.56. The lowest BCUT2D eigenvalue weighted by atomic mass is 10.3. The first-order chi connectivity index (χ1) is 16.4. The molecule has 0 aliphatic carbocycles. The second kappa shape index (κ2) is 10.0. The zero-order valence-corrected chi connectivity index (χ0v) is 19.4. The van der Waals surface area contributed by atoms with E-state index in [9.17, 15) is 4.79 Å². The Balaban J connectivity index is 1.37. The highest BCUT2D eigenvalue weighted by molar-refractivity contribution is 5.91. The molecule has 1 N–H and O–H groups in total. The molecule has 0 aliphatic heterocycles. The van der Waals surface area contributed by atoms with Gasteiger partial charge in [-0.3, -0.25) is 9.36 Å². The standard InChI is InChI=1S/C25H25N5O4/c1-16-17(2)30(15-26-16)23-13-25(28-18(3)27-23)34-20-10-8-19(9-11-20)29-24(31)14-33-22-7-5-6-21(12-22)32-4/h5-13,15H,14H2,1-4H3,(H,29,31). The fourth-order valence-corrected chi connectivity index (χ4v) is 3.19. The molecule has 9 nitrogen and oxygen atoms in total. The summed E-state index contributed by atoms with van der Waals surface area (Å²) in [4.78, 5) is 25.4. The van der Waals surface area contributed by atoms with E-state index in [0.29, 0.717) is 40.5 Å². The van der Waals surface area contributed by atoms with Gasteiger partial charge in [0.1, 0.15) is 35.2 Å². The van der Waals surface area contributed by atoms with Gasteiger partial charge in [-0.05, 0) is 57.2 Å². The Morgan fingerprint density at radius 1 is 0.971 bits per heavy atom. The summed E-state index contributed by atoms with van der Waals surface area (Å²) in [6, 6.07) is 15.8. The van der Waals surface area contributed by atoms with Gasteiger partial charge in [-0.2, -0.15) is 4.98 Å². The van der Waals surface area contributed by atoms with Crippen molar-refractivity contribution in [3.63, 3.8) is 0 Å². The van der Waals surface area contributed by atoms with Gasteiger partial charge in [-0.1, -0.05) is 6.07 Å². The summed E-state index contributed by atoms with van der Waals surface area (Å²) in [7, 11) is 1.57. The van der Waals surface area contributed by atoms with Crippen LogP contribution in [0.5, 0.6) is 23.1 Å². The lowest BCUT2D eigenvalue weighted by molar-refractivity contribution is -0.118. The van der Waals surface area contributed by atoms with E-state index >= 15 is 0 Å². The largest absolute Gasteiger partial charge is 0.497 e. The Bertz CT molecular complexity index is 1300. The number of benzene rings is 2. The molecular weight excluding hydrogens is 434 g/mol. The van der Waals surface area contributed by atoms with Gasteiger partial charge in [-0.25, -0.2) is 9.97 Å². The molecule has 4 aromatic rings. The van der Waals surface area contributed by atoms with Gasteiger partial charge in [0.2, 0.25) is 5.88 Å². The average Bonchev–Trinajstić information content (AvgIpc) is 3.17. The van der Waals surface area contributed by atoms with Crippen LogP contribution in [0.25, 0.3) is 5.82 Å². The molecule has 0 saturated carbocycles. The van der Waals surface area contributed by atoms with Crippen LogP contribution in [0.3, 0.4) is 0 Å². The summed E-state index contributed by atoms with van der Waals surface area (Å²) in [5.74, 6) is 3.19. The highest BCUT2D eigenvalue weighted by atomic mass is 16.5. The predicted octanol–water partition coefficient (Wildman–Crippen LogP) is 4.41. The Morgan fingerprint density at radius 3 is 2.44 bits per heavy atom. The number of aryl methyl sites for hydroxylation is 2. The van der Waals surface area contributed by atoms with Crippen molar-refractivity contribution in [3.05, 3.63) is 78.1 Å². The molecular formula is C25H25N5O4. The number of rotatable bonds is 8. The molecule has 0 fully saturated rings. The molecule has 2 aromatic carbocycles. The fraction of sp³-hybridized carbons (Fsp3) is 0.200. The van der Waals surface area contributed by atoms with Crippen LogP contribution < -0.4 is 19.5 Å². The van der Waals surface area contributed by atoms with Gasteiger partial charge in [0.25, 0.3) is 5.91 Å². The van der Waals surface area contributed by atoms with Crippen molar-refractivity contribution >= 4 is 11.6 Å². The summed E-state index contributed by atoms with van der Waals surface area (Å²) < 4.78 is 18.5. The maximum atomic E-state index is 12.2. The molecule has 174 valence electrons. The Labute approximate surface area is 197 Å². The summed E-state index contributed by atoms with van der Waals surface area (Å²) in [5, 5.41) is 2.79. The average molecular weight is 460 g/mol. The van der Waals surface area contributed by atoms with Crippen LogP contribution in [-0.4, -0.2) is 39.1 Å². The Hall–Kier alpha value is -4.40. The van der Waals surface area contributed by atoms with Crippen molar-refractivity contribution in [2.45, 2.75) is 20.8 Å². The number of hydrogen-bond acceptors (Lipinski definition) is 7. The van der Waals surface area contributed by atoms with Crippen molar-refractivity contribution < 1.29 is 19.0 Å². The number of ether oxygens (including phenoxy) is 3. The van der Waals surface area contributed by atoms with Crippen molar-refractivity contribution in [1.82, 2.24) is 19.5 Å². The van der Waals surface area contributed by atoms with E-state index in [0.717, 1.165) is 11.4 Å². The van der Waals surface area contributed by atoms with Crippen LogP contribution in [0.2, 0.25) is 0 Å². The molecule has 1 amide bonds. The lowest BCUT2D eigenvalue weighted by Gasteiger charge is -2.11. The molecule has 0 radical (unpaired) electrons. The molecule has 34 heavy (non-hydrogen) atoms. The molecule has 9 heteroatoms. The minimum Gasteiger partial charge on any atom is -0.497 e. The quantitative estimate of drug-likeness (QED) is 0.417. The molecule has 2 aromatic heterocycles. The number of nitrogens with zero attached hydrogens (tertiary/aromatic N) is 4. The topological polar surface area (TPSA) is 100 Å². The minimum atomic E-state index is -0.279. The van der Waals surface area contributed by atoms with E-state index < -0.39 is 0 Å². The third-order valence-electron chi connectivity index (χ3n) is 5.07. The summed E-state index contributed by atoms with van der Waals surface area (Å²) in [6.45, 7) is 5.61. The maximum absolute atomic E-state index is 12.2. The van der Waals surface area contributed by atoms with E-state index in [2.05, 4.69) is 20.3 Å². The van der Waals surface area contributed by atoms with Gasteiger partial charge >= 0.3 is 0 Å². The lowest BCUT2D eigenvalue weighted by Crippen LogP contribution is -2.20. The predicted molar refractivity (Wildman–Crippen MR) is 127 cm³/mol. The Kier molecular flexibility index (Phi) is 6.72. The van der Waals surface area contributed by atoms with Crippen LogP contribution in [0.15, 0.2) is 60.9 Å². The highest BCUT2D eigenvalue weighted by Gasteiger charge is 2.10. The van der Waals surface area contributed by atoms with Crippen LogP contribution >= 0.6 is 0 Å². The van der Waals surface area contributed by atoms with Crippen LogP contribution in [0, 0.1) is 20.8 Å². The third kappa shape index (κ3) is 5.50. The molecule has 0 aliphatic rings. The number of carbonyl (C=O) groups excluding carboxylic acids is 1. The minimum absolute atomic E-state index is 0.123. The third-order valence-corrected chi connectivity index (χ3v) is 5.07. The van der Waals surface area contributed by atoms with Gasteiger partial charge in [0.15, 0.2) is 6.61 Å². The van der Waals surface area contributed by atoms with E-state index in [1.165, 1.54) is 0 Å². The SMILES string of the molecule is COc1cccc(OCC(=O)Nc2ccc(Oc3cc(-n4cnc(C)c4C)nc(C)n3)cc2)c1. The number of amides is 1. The molecule has 0 atom stereocenters. The van der Waals surface area contributed by atoms with E-state index in [1.807, 2.05) is 25.3 Å². The van der Waals surface area contributed by atoms with Crippen LogP contribution in [0.4, 0.5) is 5.69 Å². The van der Waals surface area contributed by atoms with Gasteiger partial charge in [0, 0.05) is 23.5 Å². The summed E-state index contributed by atoms with van der Waals surface area (Å²) >= 11 is 0. The number of aromatic nitrogens is 4. The van der Waals surface area contributed by atoms with E-state index in [-0.39, 0.29) is 12.5 Å². The van der Waals surface area contributed by atoms with Crippen molar-refractivity contribution in [2.75, 3.05) is 19.0 Å². The number of hydrogen-bond donors (Lipinski definition) is 1. The smallest absolute Gasteiger partial charge is 0.262 e. The number of methoxy groups -OCH3 is 1. The normalized spacial score (nSPS) is 10.6. The second-order valence-electron chi connectivity index (χ2n) is 7.54.